The summed E-state index contributed by atoms with van der Waals surface area (Å²) in [5.74, 6) is 0.867. The van der Waals surface area contributed by atoms with E-state index >= 15 is 0 Å². The second kappa shape index (κ2) is 6.49. The van der Waals surface area contributed by atoms with Crippen molar-refractivity contribution in [2.75, 3.05) is 23.7 Å². The molecule has 0 spiro atoms. The number of nitrogens with zero attached hydrogens (tertiary/aromatic N) is 3. The quantitative estimate of drug-likeness (QED) is 0.762. The van der Waals surface area contributed by atoms with Crippen LogP contribution in [0.1, 0.15) is 6.42 Å². The molecule has 2 heterocycles. The Kier molecular flexibility index (Phi) is 4.59. The number of halogens is 2. The first-order valence-corrected chi connectivity index (χ1v) is 7.98. The lowest BCUT2D eigenvalue weighted by molar-refractivity contribution is 0.131. The van der Waals surface area contributed by atoms with Gasteiger partial charge in [-0.25, -0.2) is 9.97 Å². The number of aromatic nitrogens is 2. The first kappa shape index (κ1) is 16.3. The van der Waals surface area contributed by atoms with Gasteiger partial charge in [0.25, 0.3) is 0 Å². The average Bonchev–Trinajstić information content (AvgIpc) is 2.53. The standard InChI is InChI=1S/C15H17Cl2N5O/c16-9-3-1-2-8(13(9)17)14-15(19)21-12(6-20-14)22-5-4-10(18)11(23)7-22/h1-3,6,10-11,23H,4-5,7,18H2,(H2,19,21). The third-order valence-electron chi connectivity index (χ3n) is 3.95. The Labute approximate surface area is 144 Å². The Morgan fingerprint density at radius 1 is 1.30 bits per heavy atom. The van der Waals surface area contributed by atoms with E-state index in [0.29, 0.717) is 46.6 Å². The van der Waals surface area contributed by atoms with Crippen molar-refractivity contribution >= 4 is 34.8 Å². The minimum Gasteiger partial charge on any atom is -0.390 e. The molecule has 1 aromatic carbocycles. The van der Waals surface area contributed by atoms with Crippen molar-refractivity contribution in [1.82, 2.24) is 9.97 Å². The zero-order valence-electron chi connectivity index (χ0n) is 12.3. The van der Waals surface area contributed by atoms with Gasteiger partial charge in [0.15, 0.2) is 5.82 Å². The number of rotatable bonds is 2. The van der Waals surface area contributed by atoms with Crippen LogP contribution in [0.4, 0.5) is 11.6 Å². The monoisotopic (exact) mass is 353 g/mol. The van der Waals surface area contributed by atoms with Crippen LogP contribution in [0.5, 0.6) is 0 Å². The topological polar surface area (TPSA) is 101 Å². The van der Waals surface area contributed by atoms with E-state index in [1.807, 2.05) is 4.90 Å². The molecule has 1 saturated heterocycles. The van der Waals surface area contributed by atoms with E-state index in [4.69, 9.17) is 34.7 Å². The number of nitrogen functional groups attached to an aromatic ring is 1. The van der Waals surface area contributed by atoms with Crippen LogP contribution in [0.25, 0.3) is 11.3 Å². The highest BCUT2D eigenvalue weighted by molar-refractivity contribution is 6.43. The van der Waals surface area contributed by atoms with Crippen molar-refractivity contribution in [2.45, 2.75) is 18.6 Å². The maximum Gasteiger partial charge on any atom is 0.152 e. The fourth-order valence-corrected chi connectivity index (χ4v) is 2.99. The summed E-state index contributed by atoms with van der Waals surface area (Å²) in [4.78, 5) is 10.7. The van der Waals surface area contributed by atoms with Crippen molar-refractivity contribution in [3.63, 3.8) is 0 Å². The van der Waals surface area contributed by atoms with Gasteiger partial charge in [0, 0.05) is 24.7 Å². The SMILES string of the molecule is Nc1nc(N2CCC(N)C(O)C2)cnc1-c1cccc(Cl)c1Cl. The van der Waals surface area contributed by atoms with Crippen molar-refractivity contribution in [3.05, 3.63) is 34.4 Å². The molecule has 5 N–H and O–H groups in total. The summed E-state index contributed by atoms with van der Waals surface area (Å²) in [7, 11) is 0. The molecule has 6 nitrogen and oxygen atoms in total. The number of hydrogen-bond acceptors (Lipinski definition) is 6. The van der Waals surface area contributed by atoms with Crippen LogP contribution >= 0.6 is 23.2 Å². The number of β-amino-alcohol motifs (C(OH)–C–C–N with tert-alkyl or cyclic N) is 1. The largest absolute Gasteiger partial charge is 0.390 e. The zero-order chi connectivity index (χ0) is 16.6. The lowest BCUT2D eigenvalue weighted by atomic mass is 10.0. The van der Waals surface area contributed by atoms with E-state index in [2.05, 4.69) is 9.97 Å². The summed E-state index contributed by atoms with van der Waals surface area (Å²) in [6.45, 7) is 1.11. The summed E-state index contributed by atoms with van der Waals surface area (Å²) < 4.78 is 0. The van der Waals surface area contributed by atoms with Crippen molar-refractivity contribution in [3.8, 4) is 11.3 Å². The maximum absolute atomic E-state index is 9.90. The van der Waals surface area contributed by atoms with Gasteiger partial charge in [-0.05, 0) is 12.5 Å². The molecule has 3 rings (SSSR count). The Balaban J connectivity index is 1.91. The van der Waals surface area contributed by atoms with E-state index in [9.17, 15) is 5.11 Å². The number of piperidine rings is 1. The van der Waals surface area contributed by atoms with E-state index < -0.39 is 6.10 Å². The maximum atomic E-state index is 9.90. The van der Waals surface area contributed by atoms with Gasteiger partial charge in [-0.1, -0.05) is 35.3 Å². The molecule has 2 atom stereocenters. The van der Waals surface area contributed by atoms with Crippen molar-refractivity contribution in [1.29, 1.82) is 0 Å². The second-order valence-electron chi connectivity index (χ2n) is 5.53. The highest BCUT2D eigenvalue weighted by atomic mass is 35.5. The number of hydrogen-bond donors (Lipinski definition) is 3. The third kappa shape index (κ3) is 3.21. The highest BCUT2D eigenvalue weighted by Crippen LogP contribution is 2.35. The van der Waals surface area contributed by atoms with Crippen LogP contribution in [0.15, 0.2) is 24.4 Å². The molecule has 0 bridgehead atoms. The Morgan fingerprint density at radius 2 is 2.09 bits per heavy atom. The Morgan fingerprint density at radius 3 is 2.78 bits per heavy atom. The molecular weight excluding hydrogens is 337 g/mol. The van der Waals surface area contributed by atoms with Gasteiger partial charge >= 0.3 is 0 Å². The molecule has 1 aromatic heterocycles. The minimum atomic E-state index is -0.589. The lowest BCUT2D eigenvalue weighted by Crippen LogP contribution is -2.50. The van der Waals surface area contributed by atoms with Crippen molar-refractivity contribution in [2.24, 2.45) is 5.73 Å². The molecule has 2 aromatic rings. The van der Waals surface area contributed by atoms with Gasteiger partial charge in [0.1, 0.15) is 11.5 Å². The lowest BCUT2D eigenvalue weighted by Gasteiger charge is -2.34. The zero-order valence-corrected chi connectivity index (χ0v) is 13.8. The molecule has 1 fully saturated rings. The van der Waals surface area contributed by atoms with Crippen LogP contribution < -0.4 is 16.4 Å². The average molecular weight is 354 g/mol. The molecule has 0 radical (unpaired) electrons. The van der Waals surface area contributed by atoms with Gasteiger partial charge in [-0.3, -0.25) is 0 Å². The first-order chi connectivity index (χ1) is 11.0. The molecule has 23 heavy (non-hydrogen) atoms. The Hall–Kier alpha value is -1.60. The minimum absolute atomic E-state index is 0.207. The smallest absolute Gasteiger partial charge is 0.152 e. The second-order valence-corrected chi connectivity index (χ2v) is 6.31. The fourth-order valence-electron chi connectivity index (χ4n) is 2.60. The third-order valence-corrected chi connectivity index (χ3v) is 4.77. The normalized spacial score (nSPS) is 21.5. The van der Waals surface area contributed by atoms with Gasteiger partial charge in [-0.15, -0.1) is 0 Å². The predicted octanol–water partition coefficient (Wildman–Crippen LogP) is 1.93. The molecule has 1 aliphatic heterocycles. The summed E-state index contributed by atoms with van der Waals surface area (Å²) in [6, 6.07) is 5.06. The predicted molar refractivity (Wildman–Crippen MR) is 92.7 cm³/mol. The Bertz CT molecular complexity index is 727. The van der Waals surface area contributed by atoms with Crippen LogP contribution in [0.3, 0.4) is 0 Å². The number of anilines is 2. The molecule has 122 valence electrons. The van der Waals surface area contributed by atoms with Crippen LogP contribution in [0.2, 0.25) is 10.0 Å². The molecule has 8 heteroatoms. The number of nitrogens with two attached hydrogens (primary N) is 2. The molecular formula is C15H17Cl2N5O. The van der Waals surface area contributed by atoms with E-state index in [1.54, 1.807) is 24.4 Å². The number of benzene rings is 1. The summed E-state index contributed by atoms with van der Waals surface area (Å²) in [6.07, 6.45) is 1.71. The van der Waals surface area contributed by atoms with Crippen LogP contribution in [-0.2, 0) is 0 Å². The van der Waals surface area contributed by atoms with Gasteiger partial charge in [0.05, 0.1) is 22.3 Å². The number of aliphatic hydroxyl groups excluding tert-OH is 1. The number of aliphatic hydroxyl groups is 1. The van der Waals surface area contributed by atoms with E-state index in [1.165, 1.54) is 0 Å². The molecule has 0 aliphatic carbocycles. The summed E-state index contributed by atoms with van der Waals surface area (Å²) >= 11 is 12.2. The fraction of sp³-hybridized carbons (Fsp3) is 0.333. The molecule has 2 unspecified atom stereocenters. The molecule has 1 aliphatic rings. The van der Waals surface area contributed by atoms with Gasteiger partial charge in [0.2, 0.25) is 0 Å². The first-order valence-electron chi connectivity index (χ1n) is 7.23. The van der Waals surface area contributed by atoms with Crippen LogP contribution in [-0.4, -0.2) is 40.3 Å². The van der Waals surface area contributed by atoms with E-state index in [-0.39, 0.29) is 11.9 Å². The van der Waals surface area contributed by atoms with Crippen LogP contribution in [0, 0.1) is 0 Å². The van der Waals surface area contributed by atoms with E-state index in [0.717, 1.165) is 0 Å². The van der Waals surface area contributed by atoms with Crippen molar-refractivity contribution < 1.29 is 5.11 Å². The molecule has 0 amide bonds. The van der Waals surface area contributed by atoms with Gasteiger partial charge in [-0.2, -0.15) is 0 Å². The summed E-state index contributed by atoms with van der Waals surface area (Å²) in [5, 5.41) is 10.7. The molecule has 0 saturated carbocycles. The summed E-state index contributed by atoms with van der Waals surface area (Å²) in [5.41, 5.74) is 13.0. The van der Waals surface area contributed by atoms with Gasteiger partial charge < -0.3 is 21.5 Å². The highest BCUT2D eigenvalue weighted by Gasteiger charge is 2.26.